The number of aromatic nitrogens is 2. The fraction of sp³-hybridized carbons (Fsp3) is 0.500. The Labute approximate surface area is 103 Å². The van der Waals surface area contributed by atoms with Gasteiger partial charge < -0.3 is 9.88 Å². The summed E-state index contributed by atoms with van der Waals surface area (Å²) in [7, 11) is 0. The highest BCUT2D eigenvalue weighted by molar-refractivity contribution is 5.76. The van der Waals surface area contributed by atoms with Crippen molar-refractivity contribution in [3.05, 3.63) is 30.1 Å². The van der Waals surface area contributed by atoms with Gasteiger partial charge in [0.25, 0.3) is 0 Å². The molecule has 1 heterocycles. The lowest BCUT2D eigenvalue weighted by atomic mass is 10.3. The van der Waals surface area contributed by atoms with E-state index in [9.17, 15) is 0 Å². The molecule has 17 heavy (non-hydrogen) atoms. The molecule has 0 saturated heterocycles. The predicted molar refractivity (Wildman–Crippen MR) is 72.4 cm³/mol. The standard InChI is InChI=1S/C14H21N3/c1-4-15-10-9-14-16-12-7-5-6-8-13(12)17(14)11(2)3/h5-8,11,15H,4,9-10H2,1-3H3. The molecule has 1 aromatic carbocycles. The first-order chi connectivity index (χ1) is 8.24. The van der Waals surface area contributed by atoms with Gasteiger partial charge >= 0.3 is 0 Å². The molecule has 92 valence electrons. The van der Waals surface area contributed by atoms with E-state index in [4.69, 9.17) is 4.98 Å². The van der Waals surface area contributed by atoms with Crippen LogP contribution in [0.1, 0.15) is 32.6 Å². The monoisotopic (exact) mass is 231 g/mol. The Balaban J connectivity index is 2.36. The van der Waals surface area contributed by atoms with E-state index in [1.54, 1.807) is 0 Å². The molecular weight excluding hydrogens is 210 g/mol. The van der Waals surface area contributed by atoms with Gasteiger partial charge in [0.1, 0.15) is 5.82 Å². The third-order valence-corrected chi connectivity index (χ3v) is 2.96. The molecule has 0 amide bonds. The van der Waals surface area contributed by atoms with E-state index in [1.807, 2.05) is 6.07 Å². The van der Waals surface area contributed by atoms with Gasteiger partial charge in [0.2, 0.25) is 0 Å². The Morgan fingerprint density at radius 2 is 2.06 bits per heavy atom. The van der Waals surface area contributed by atoms with Gasteiger partial charge in [-0.3, -0.25) is 0 Å². The first kappa shape index (κ1) is 12.1. The Morgan fingerprint density at radius 3 is 2.76 bits per heavy atom. The van der Waals surface area contributed by atoms with Crippen molar-refractivity contribution in [3.8, 4) is 0 Å². The number of fused-ring (bicyclic) bond motifs is 1. The summed E-state index contributed by atoms with van der Waals surface area (Å²) in [5.41, 5.74) is 2.35. The number of hydrogen-bond acceptors (Lipinski definition) is 2. The predicted octanol–water partition coefficient (Wildman–Crippen LogP) is 2.77. The van der Waals surface area contributed by atoms with Crippen LogP contribution in [0.25, 0.3) is 11.0 Å². The van der Waals surface area contributed by atoms with Gasteiger partial charge in [-0.05, 0) is 32.5 Å². The highest BCUT2D eigenvalue weighted by Crippen LogP contribution is 2.20. The SMILES string of the molecule is CCNCCc1nc2ccccc2n1C(C)C. The van der Waals surface area contributed by atoms with Gasteiger partial charge in [-0.25, -0.2) is 4.98 Å². The molecule has 3 nitrogen and oxygen atoms in total. The molecule has 0 fully saturated rings. The summed E-state index contributed by atoms with van der Waals surface area (Å²) in [6, 6.07) is 8.83. The molecule has 0 bridgehead atoms. The van der Waals surface area contributed by atoms with Crippen LogP contribution in [0.4, 0.5) is 0 Å². The summed E-state index contributed by atoms with van der Waals surface area (Å²) in [6.07, 6.45) is 0.987. The minimum Gasteiger partial charge on any atom is -0.325 e. The molecule has 0 aliphatic heterocycles. The Hall–Kier alpha value is -1.35. The second kappa shape index (κ2) is 5.32. The van der Waals surface area contributed by atoms with Crippen LogP contribution in [-0.4, -0.2) is 22.6 Å². The van der Waals surface area contributed by atoms with Crippen LogP contribution in [0.5, 0.6) is 0 Å². The number of nitrogens with one attached hydrogen (secondary N) is 1. The summed E-state index contributed by atoms with van der Waals surface area (Å²) < 4.78 is 2.34. The average Bonchev–Trinajstić information content (AvgIpc) is 2.67. The normalized spacial score (nSPS) is 11.5. The smallest absolute Gasteiger partial charge is 0.111 e. The maximum absolute atomic E-state index is 4.73. The first-order valence-corrected chi connectivity index (χ1v) is 6.40. The summed E-state index contributed by atoms with van der Waals surface area (Å²) >= 11 is 0. The van der Waals surface area contributed by atoms with Gasteiger partial charge in [-0.2, -0.15) is 0 Å². The number of hydrogen-bond donors (Lipinski definition) is 1. The van der Waals surface area contributed by atoms with Crippen LogP contribution in [0.3, 0.4) is 0 Å². The van der Waals surface area contributed by atoms with Gasteiger partial charge in [0, 0.05) is 19.0 Å². The Morgan fingerprint density at radius 1 is 1.29 bits per heavy atom. The number of imidazole rings is 1. The van der Waals surface area contributed by atoms with E-state index in [1.165, 1.54) is 11.3 Å². The fourth-order valence-corrected chi connectivity index (χ4v) is 2.22. The lowest BCUT2D eigenvalue weighted by Gasteiger charge is -2.13. The van der Waals surface area contributed by atoms with Crippen molar-refractivity contribution in [1.29, 1.82) is 0 Å². The molecule has 1 aromatic heterocycles. The number of benzene rings is 1. The molecule has 1 N–H and O–H groups in total. The summed E-state index contributed by atoms with van der Waals surface area (Å²) in [5.74, 6) is 1.18. The van der Waals surface area contributed by atoms with Crippen LogP contribution in [-0.2, 0) is 6.42 Å². The third-order valence-electron chi connectivity index (χ3n) is 2.96. The highest BCUT2D eigenvalue weighted by Gasteiger charge is 2.11. The Kier molecular flexibility index (Phi) is 3.79. The van der Waals surface area contributed by atoms with Gasteiger partial charge in [0.15, 0.2) is 0 Å². The summed E-state index contributed by atoms with van der Waals surface area (Å²) in [4.78, 5) is 4.73. The zero-order valence-corrected chi connectivity index (χ0v) is 10.9. The van der Waals surface area contributed by atoms with Crippen molar-refractivity contribution in [2.45, 2.75) is 33.2 Å². The number of rotatable bonds is 5. The second-order valence-corrected chi connectivity index (χ2v) is 4.58. The quantitative estimate of drug-likeness (QED) is 0.802. The molecule has 0 aliphatic carbocycles. The van der Waals surface area contributed by atoms with Crippen LogP contribution in [0.2, 0.25) is 0 Å². The van der Waals surface area contributed by atoms with E-state index in [2.05, 4.69) is 48.9 Å². The molecule has 0 saturated carbocycles. The van der Waals surface area contributed by atoms with Gasteiger partial charge in [-0.1, -0.05) is 19.1 Å². The molecule has 3 heteroatoms. The lowest BCUT2D eigenvalue weighted by molar-refractivity contribution is 0.572. The average molecular weight is 231 g/mol. The minimum atomic E-state index is 0.457. The lowest BCUT2D eigenvalue weighted by Crippen LogP contribution is -2.18. The van der Waals surface area contributed by atoms with Crippen molar-refractivity contribution in [3.63, 3.8) is 0 Å². The van der Waals surface area contributed by atoms with Crippen molar-refractivity contribution in [1.82, 2.24) is 14.9 Å². The van der Waals surface area contributed by atoms with Crippen LogP contribution >= 0.6 is 0 Å². The summed E-state index contributed by atoms with van der Waals surface area (Å²) in [5, 5.41) is 3.35. The van der Waals surface area contributed by atoms with Crippen molar-refractivity contribution in [2.75, 3.05) is 13.1 Å². The molecule has 2 aromatic rings. The van der Waals surface area contributed by atoms with Gasteiger partial charge in [-0.15, -0.1) is 0 Å². The topological polar surface area (TPSA) is 29.9 Å². The first-order valence-electron chi connectivity index (χ1n) is 6.40. The van der Waals surface area contributed by atoms with E-state index in [0.717, 1.165) is 25.0 Å². The van der Waals surface area contributed by atoms with E-state index >= 15 is 0 Å². The van der Waals surface area contributed by atoms with E-state index in [0.29, 0.717) is 6.04 Å². The maximum atomic E-state index is 4.73. The molecule has 0 spiro atoms. The second-order valence-electron chi connectivity index (χ2n) is 4.58. The molecular formula is C14H21N3. The van der Waals surface area contributed by atoms with E-state index < -0.39 is 0 Å². The van der Waals surface area contributed by atoms with Crippen LogP contribution in [0, 0.1) is 0 Å². The zero-order valence-electron chi connectivity index (χ0n) is 10.9. The molecule has 0 radical (unpaired) electrons. The number of nitrogens with zero attached hydrogens (tertiary/aromatic N) is 2. The largest absolute Gasteiger partial charge is 0.325 e. The fourth-order valence-electron chi connectivity index (χ4n) is 2.22. The number of likely N-dealkylation sites (N-methyl/N-ethyl adjacent to an activating group) is 1. The Bertz CT molecular complexity index is 485. The zero-order chi connectivity index (χ0) is 12.3. The minimum absolute atomic E-state index is 0.457. The molecule has 0 atom stereocenters. The third kappa shape index (κ3) is 2.50. The molecule has 0 aliphatic rings. The van der Waals surface area contributed by atoms with Crippen LogP contribution in [0.15, 0.2) is 24.3 Å². The van der Waals surface area contributed by atoms with Gasteiger partial charge in [0.05, 0.1) is 11.0 Å². The van der Waals surface area contributed by atoms with E-state index in [-0.39, 0.29) is 0 Å². The van der Waals surface area contributed by atoms with Crippen molar-refractivity contribution >= 4 is 11.0 Å². The summed E-state index contributed by atoms with van der Waals surface area (Å²) in [6.45, 7) is 8.57. The van der Waals surface area contributed by atoms with Crippen molar-refractivity contribution < 1.29 is 0 Å². The molecule has 0 unspecified atom stereocenters. The van der Waals surface area contributed by atoms with Crippen molar-refractivity contribution in [2.24, 2.45) is 0 Å². The number of para-hydroxylation sites is 2. The maximum Gasteiger partial charge on any atom is 0.111 e. The van der Waals surface area contributed by atoms with Crippen LogP contribution < -0.4 is 5.32 Å². The highest BCUT2D eigenvalue weighted by atomic mass is 15.1. The molecule has 2 rings (SSSR count).